The number of hydrogen-bond donors (Lipinski definition) is 2. The number of aromatic nitrogens is 5. The molecular formula is C17H19N7. The molecule has 0 spiro atoms. The van der Waals surface area contributed by atoms with Gasteiger partial charge in [0, 0.05) is 49.0 Å². The van der Waals surface area contributed by atoms with Crippen LogP contribution in [-0.2, 0) is 19.5 Å². The third-order valence-corrected chi connectivity index (χ3v) is 4.07. The number of nitrogens with one attached hydrogen (secondary N) is 2. The second-order valence-electron chi connectivity index (χ2n) is 5.68. The minimum absolute atomic E-state index is 0.737. The van der Waals surface area contributed by atoms with Crippen molar-refractivity contribution in [3.63, 3.8) is 0 Å². The first kappa shape index (κ1) is 14.8. The summed E-state index contributed by atoms with van der Waals surface area (Å²) in [7, 11) is 0. The fourth-order valence-corrected chi connectivity index (χ4v) is 2.86. The van der Waals surface area contributed by atoms with Crippen molar-refractivity contribution in [2.24, 2.45) is 0 Å². The predicted molar refractivity (Wildman–Crippen MR) is 91.4 cm³/mol. The van der Waals surface area contributed by atoms with Gasteiger partial charge in [-0.3, -0.25) is 9.67 Å². The molecule has 3 aromatic rings. The standard InChI is InChI=1S/C17H19N7/c1-5-21-24(10-1)11-9-20-17-14-4-8-19-12-15(14)22-16(23-17)13-2-6-18-7-3-13/h1-3,5-7,10,19H,4,8-9,11-12H2,(H,20,22,23). The van der Waals surface area contributed by atoms with E-state index in [-0.39, 0.29) is 0 Å². The lowest BCUT2D eigenvalue weighted by Gasteiger charge is -2.20. The van der Waals surface area contributed by atoms with E-state index in [0.717, 1.165) is 55.5 Å². The Bertz CT molecular complexity index is 799. The third kappa shape index (κ3) is 3.11. The molecule has 2 N–H and O–H groups in total. The highest BCUT2D eigenvalue weighted by Gasteiger charge is 2.18. The van der Waals surface area contributed by atoms with Crippen LogP contribution in [-0.4, -0.2) is 37.8 Å². The van der Waals surface area contributed by atoms with E-state index in [2.05, 4.69) is 20.7 Å². The number of rotatable bonds is 5. The minimum Gasteiger partial charge on any atom is -0.368 e. The molecule has 7 nitrogen and oxygen atoms in total. The lowest BCUT2D eigenvalue weighted by Crippen LogP contribution is -2.27. The van der Waals surface area contributed by atoms with Gasteiger partial charge in [-0.25, -0.2) is 9.97 Å². The molecule has 1 aliphatic heterocycles. The molecule has 0 aliphatic carbocycles. The van der Waals surface area contributed by atoms with Crippen LogP contribution in [0.25, 0.3) is 11.4 Å². The Kier molecular flexibility index (Phi) is 4.16. The summed E-state index contributed by atoms with van der Waals surface area (Å²) in [6.45, 7) is 3.31. The van der Waals surface area contributed by atoms with Gasteiger partial charge in [0.25, 0.3) is 0 Å². The van der Waals surface area contributed by atoms with E-state index in [0.29, 0.717) is 0 Å². The normalized spacial score (nSPS) is 13.5. The van der Waals surface area contributed by atoms with Gasteiger partial charge in [0.2, 0.25) is 0 Å². The maximum absolute atomic E-state index is 4.77. The molecule has 7 heteroatoms. The van der Waals surface area contributed by atoms with Crippen molar-refractivity contribution in [1.29, 1.82) is 0 Å². The highest BCUT2D eigenvalue weighted by Crippen LogP contribution is 2.24. The van der Waals surface area contributed by atoms with Crippen LogP contribution >= 0.6 is 0 Å². The first-order valence-electron chi connectivity index (χ1n) is 8.12. The summed E-state index contributed by atoms with van der Waals surface area (Å²) in [5.74, 6) is 1.67. The summed E-state index contributed by atoms with van der Waals surface area (Å²) in [4.78, 5) is 13.6. The van der Waals surface area contributed by atoms with Crippen LogP contribution < -0.4 is 10.6 Å². The maximum atomic E-state index is 4.77. The molecule has 0 atom stereocenters. The van der Waals surface area contributed by atoms with Gasteiger partial charge in [-0.05, 0) is 31.2 Å². The molecule has 0 aromatic carbocycles. The van der Waals surface area contributed by atoms with Crippen LogP contribution in [0.4, 0.5) is 5.82 Å². The van der Waals surface area contributed by atoms with Gasteiger partial charge in [0.05, 0.1) is 12.2 Å². The molecule has 24 heavy (non-hydrogen) atoms. The monoisotopic (exact) mass is 321 g/mol. The molecule has 4 heterocycles. The van der Waals surface area contributed by atoms with Crippen LogP contribution in [0.5, 0.6) is 0 Å². The number of anilines is 1. The largest absolute Gasteiger partial charge is 0.368 e. The van der Waals surface area contributed by atoms with Crippen molar-refractivity contribution in [3.8, 4) is 11.4 Å². The fourth-order valence-electron chi connectivity index (χ4n) is 2.86. The van der Waals surface area contributed by atoms with Crippen LogP contribution in [0.3, 0.4) is 0 Å². The molecule has 122 valence electrons. The van der Waals surface area contributed by atoms with Crippen molar-refractivity contribution in [2.45, 2.75) is 19.5 Å². The highest BCUT2D eigenvalue weighted by atomic mass is 15.3. The summed E-state index contributed by atoms with van der Waals surface area (Å²) in [5.41, 5.74) is 3.27. The molecule has 0 radical (unpaired) electrons. The zero-order chi connectivity index (χ0) is 16.2. The first-order chi connectivity index (χ1) is 11.9. The minimum atomic E-state index is 0.737. The molecular weight excluding hydrogens is 302 g/mol. The van der Waals surface area contributed by atoms with Gasteiger partial charge in [0.1, 0.15) is 5.82 Å². The van der Waals surface area contributed by atoms with Crippen LogP contribution in [0.15, 0.2) is 43.0 Å². The molecule has 0 fully saturated rings. The Balaban J connectivity index is 1.61. The van der Waals surface area contributed by atoms with E-state index in [1.165, 1.54) is 5.56 Å². The molecule has 0 unspecified atom stereocenters. The quantitative estimate of drug-likeness (QED) is 0.741. The van der Waals surface area contributed by atoms with Crippen LogP contribution in [0, 0.1) is 0 Å². The Morgan fingerprint density at radius 3 is 2.92 bits per heavy atom. The van der Waals surface area contributed by atoms with Gasteiger partial charge in [-0.15, -0.1) is 0 Å². The zero-order valence-corrected chi connectivity index (χ0v) is 13.3. The summed E-state index contributed by atoms with van der Waals surface area (Å²) in [6.07, 6.45) is 8.22. The average molecular weight is 321 g/mol. The van der Waals surface area contributed by atoms with Crippen molar-refractivity contribution in [2.75, 3.05) is 18.4 Å². The maximum Gasteiger partial charge on any atom is 0.161 e. The topological polar surface area (TPSA) is 80.6 Å². The highest BCUT2D eigenvalue weighted by molar-refractivity contribution is 5.59. The van der Waals surface area contributed by atoms with Gasteiger partial charge in [-0.2, -0.15) is 5.10 Å². The molecule has 3 aromatic heterocycles. The Morgan fingerprint density at radius 2 is 2.08 bits per heavy atom. The number of pyridine rings is 1. The van der Waals surface area contributed by atoms with E-state index in [9.17, 15) is 0 Å². The number of fused-ring (bicyclic) bond motifs is 1. The van der Waals surface area contributed by atoms with Gasteiger partial charge in [-0.1, -0.05) is 0 Å². The van der Waals surface area contributed by atoms with E-state index in [1.54, 1.807) is 18.6 Å². The molecule has 0 saturated heterocycles. The zero-order valence-electron chi connectivity index (χ0n) is 13.3. The van der Waals surface area contributed by atoms with Gasteiger partial charge in [0.15, 0.2) is 5.82 Å². The second-order valence-corrected chi connectivity index (χ2v) is 5.68. The van der Waals surface area contributed by atoms with Crippen molar-refractivity contribution < 1.29 is 0 Å². The average Bonchev–Trinajstić information content (AvgIpc) is 3.16. The predicted octanol–water partition coefficient (Wildman–Crippen LogP) is 1.49. The van der Waals surface area contributed by atoms with Crippen molar-refractivity contribution in [1.82, 2.24) is 30.0 Å². The Morgan fingerprint density at radius 1 is 1.17 bits per heavy atom. The smallest absolute Gasteiger partial charge is 0.161 e. The van der Waals surface area contributed by atoms with Crippen LogP contribution in [0.2, 0.25) is 0 Å². The summed E-state index contributed by atoms with van der Waals surface area (Å²) in [6, 6.07) is 5.80. The summed E-state index contributed by atoms with van der Waals surface area (Å²) >= 11 is 0. The molecule has 1 aliphatic rings. The van der Waals surface area contributed by atoms with E-state index < -0.39 is 0 Å². The second kappa shape index (κ2) is 6.76. The van der Waals surface area contributed by atoms with Crippen LogP contribution in [0.1, 0.15) is 11.3 Å². The Hall–Kier alpha value is -2.80. The molecule has 0 bridgehead atoms. The lowest BCUT2D eigenvalue weighted by molar-refractivity contribution is 0.619. The third-order valence-electron chi connectivity index (χ3n) is 4.07. The van der Waals surface area contributed by atoms with Crippen molar-refractivity contribution >= 4 is 5.82 Å². The summed E-state index contributed by atoms with van der Waals surface area (Å²) in [5, 5.41) is 11.1. The Labute approximate surface area is 140 Å². The molecule has 0 saturated carbocycles. The first-order valence-corrected chi connectivity index (χ1v) is 8.12. The molecule has 0 amide bonds. The van der Waals surface area contributed by atoms with Crippen molar-refractivity contribution in [3.05, 3.63) is 54.2 Å². The lowest BCUT2D eigenvalue weighted by atomic mass is 10.1. The number of nitrogens with zero attached hydrogens (tertiary/aromatic N) is 5. The van der Waals surface area contributed by atoms with E-state index in [1.807, 2.05) is 29.1 Å². The fraction of sp³-hybridized carbons (Fsp3) is 0.294. The van der Waals surface area contributed by atoms with E-state index in [4.69, 9.17) is 9.97 Å². The molecule has 4 rings (SSSR count). The van der Waals surface area contributed by atoms with Gasteiger partial charge >= 0.3 is 0 Å². The summed E-state index contributed by atoms with van der Waals surface area (Å²) < 4.78 is 1.91. The SMILES string of the molecule is c1cnn(CCNc2nc(-c3ccncc3)nc3c2CCNC3)c1. The van der Waals surface area contributed by atoms with E-state index >= 15 is 0 Å². The van der Waals surface area contributed by atoms with Gasteiger partial charge < -0.3 is 10.6 Å². The number of hydrogen-bond acceptors (Lipinski definition) is 6.